The first-order chi connectivity index (χ1) is 8.69. The van der Waals surface area contributed by atoms with Crippen molar-refractivity contribution in [3.05, 3.63) is 18.3 Å². The van der Waals surface area contributed by atoms with E-state index in [0.29, 0.717) is 11.6 Å². The Balaban J connectivity index is 1.83. The summed E-state index contributed by atoms with van der Waals surface area (Å²) in [5, 5.41) is 0. The zero-order valence-electron chi connectivity index (χ0n) is 10.5. The van der Waals surface area contributed by atoms with Crippen LogP contribution in [-0.4, -0.2) is 24.2 Å². The van der Waals surface area contributed by atoms with Gasteiger partial charge >= 0.3 is 5.97 Å². The van der Waals surface area contributed by atoms with Crippen molar-refractivity contribution in [2.45, 2.75) is 31.8 Å². The van der Waals surface area contributed by atoms with Crippen molar-refractivity contribution in [1.82, 2.24) is 4.98 Å². The zero-order valence-corrected chi connectivity index (χ0v) is 10.5. The first kappa shape index (κ1) is 12.7. The second-order valence-electron chi connectivity index (χ2n) is 4.54. The monoisotopic (exact) mass is 250 g/mol. The SMILES string of the molecule is COC(=O)C1CCC(Oc2ccc(N)cn2)CC1. The Morgan fingerprint density at radius 2 is 2.06 bits per heavy atom. The van der Waals surface area contributed by atoms with Crippen LogP contribution in [0.2, 0.25) is 0 Å². The smallest absolute Gasteiger partial charge is 0.308 e. The van der Waals surface area contributed by atoms with Gasteiger partial charge in [0.1, 0.15) is 6.10 Å². The maximum absolute atomic E-state index is 11.4. The fourth-order valence-corrected chi connectivity index (χ4v) is 2.22. The lowest BCUT2D eigenvalue weighted by molar-refractivity contribution is -0.147. The predicted octanol–water partition coefficient (Wildman–Crippen LogP) is 1.77. The van der Waals surface area contributed by atoms with Crippen LogP contribution in [0, 0.1) is 5.92 Å². The van der Waals surface area contributed by atoms with Gasteiger partial charge in [-0.2, -0.15) is 0 Å². The van der Waals surface area contributed by atoms with Crippen LogP contribution in [-0.2, 0) is 9.53 Å². The highest BCUT2D eigenvalue weighted by Gasteiger charge is 2.27. The fourth-order valence-electron chi connectivity index (χ4n) is 2.22. The molecule has 1 aromatic rings. The molecule has 0 unspecified atom stereocenters. The third-order valence-electron chi connectivity index (χ3n) is 3.26. The van der Waals surface area contributed by atoms with Crippen LogP contribution in [0.3, 0.4) is 0 Å². The van der Waals surface area contributed by atoms with Crippen molar-refractivity contribution in [1.29, 1.82) is 0 Å². The van der Waals surface area contributed by atoms with Crippen molar-refractivity contribution in [3.8, 4) is 5.88 Å². The van der Waals surface area contributed by atoms with Gasteiger partial charge in [-0.05, 0) is 31.7 Å². The summed E-state index contributed by atoms with van der Waals surface area (Å²) in [6.07, 6.45) is 5.04. The second-order valence-corrected chi connectivity index (χ2v) is 4.54. The van der Waals surface area contributed by atoms with Gasteiger partial charge in [0.05, 0.1) is 24.9 Å². The average molecular weight is 250 g/mol. The molecule has 1 saturated carbocycles. The average Bonchev–Trinajstić information content (AvgIpc) is 2.41. The summed E-state index contributed by atoms with van der Waals surface area (Å²) in [7, 11) is 1.43. The Hall–Kier alpha value is -1.78. The maximum Gasteiger partial charge on any atom is 0.308 e. The third-order valence-corrected chi connectivity index (χ3v) is 3.26. The molecule has 1 aliphatic rings. The molecule has 0 radical (unpaired) electrons. The number of ether oxygens (including phenoxy) is 2. The lowest BCUT2D eigenvalue weighted by Gasteiger charge is -2.27. The van der Waals surface area contributed by atoms with Gasteiger partial charge in [0, 0.05) is 6.07 Å². The molecule has 0 spiro atoms. The van der Waals surface area contributed by atoms with Crippen LogP contribution in [0.4, 0.5) is 5.69 Å². The number of hydrogen-bond donors (Lipinski definition) is 1. The minimum atomic E-state index is -0.112. The molecule has 18 heavy (non-hydrogen) atoms. The molecule has 1 heterocycles. The molecular formula is C13H18N2O3. The number of anilines is 1. The van der Waals surface area contributed by atoms with Crippen molar-refractivity contribution in [2.24, 2.45) is 5.92 Å². The van der Waals surface area contributed by atoms with Crippen molar-refractivity contribution >= 4 is 11.7 Å². The van der Waals surface area contributed by atoms with E-state index in [2.05, 4.69) is 4.98 Å². The van der Waals surface area contributed by atoms with Crippen LogP contribution in [0.1, 0.15) is 25.7 Å². The molecule has 0 atom stereocenters. The van der Waals surface area contributed by atoms with Gasteiger partial charge in [-0.25, -0.2) is 4.98 Å². The Morgan fingerprint density at radius 3 is 2.61 bits per heavy atom. The Labute approximate surface area is 106 Å². The molecule has 1 aliphatic carbocycles. The van der Waals surface area contributed by atoms with Crippen LogP contribution in [0.25, 0.3) is 0 Å². The topological polar surface area (TPSA) is 74.4 Å². The van der Waals surface area contributed by atoms with E-state index < -0.39 is 0 Å². The van der Waals surface area contributed by atoms with E-state index in [1.54, 1.807) is 18.3 Å². The lowest BCUT2D eigenvalue weighted by atomic mass is 9.87. The van der Waals surface area contributed by atoms with Gasteiger partial charge < -0.3 is 15.2 Å². The Morgan fingerprint density at radius 1 is 1.33 bits per heavy atom. The number of rotatable bonds is 3. The molecule has 0 aliphatic heterocycles. The number of nitrogens with zero attached hydrogens (tertiary/aromatic N) is 1. The third kappa shape index (κ3) is 3.12. The van der Waals surface area contributed by atoms with Gasteiger partial charge in [-0.1, -0.05) is 0 Å². The molecule has 2 N–H and O–H groups in total. The molecule has 5 heteroatoms. The lowest BCUT2D eigenvalue weighted by Crippen LogP contribution is -2.28. The molecule has 0 bridgehead atoms. The predicted molar refractivity (Wildman–Crippen MR) is 67.0 cm³/mol. The number of nitrogens with two attached hydrogens (primary N) is 1. The van der Waals surface area contributed by atoms with E-state index in [4.69, 9.17) is 15.2 Å². The number of carbonyl (C=O) groups excluding carboxylic acids is 1. The molecular weight excluding hydrogens is 232 g/mol. The minimum absolute atomic E-state index is 0.0224. The highest BCUT2D eigenvalue weighted by molar-refractivity contribution is 5.72. The van der Waals surface area contributed by atoms with E-state index in [9.17, 15) is 4.79 Å². The number of hydrogen-bond acceptors (Lipinski definition) is 5. The second kappa shape index (κ2) is 5.71. The van der Waals surface area contributed by atoms with Crippen LogP contribution in [0.5, 0.6) is 5.88 Å². The Kier molecular flexibility index (Phi) is 4.02. The molecule has 0 saturated heterocycles. The number of esters is 1. The van der Waals surface area contributed by atoms with Crippen molar-refractivity contribution < 1.29 is 14.3 Å². The molecule has 0 amide bonds. The highest BCUT2D eigenvalue weighted by atomic mass is 16.5. The fraction of sp³-hybridized carbons (Fsp3) is 0.538. The van der Waals surface area contributed by atoms with E-state index in [-0.39, 0.29) is 18.0 Å². The largest absolute Gasteiger partial charge is 0.474 e. The molecule has 98 valence electrons. The molecule has 0 aromatic carbocycles. The zero-order chi connectivity index (χ0) is 13.0. The molecule has 2 rings (SSSR count). The van der Waals surface area contributed by atoms with Gasteiger partial charge in [0.2, 0.25) is 5.88 Å². The summed E-state index contributed by atoms with van der Waals surface area (Å²) >= 11 is 0. The van der Waals surface area contributed by atoms with Crippen LogP contribution < -0.4 is 10.5 Å². The van der Waals surface area contributed by atoms with Crippen molar-refractivity contribution in [2.75, 3.05) is 12.8 Å². The van der Waals surface area contributed by atoms with E-state index in [1.165, 1.54) is 7.11 Å². The quantitative estimate of drug-likeness (QED) is 0.827. The van der Waals surface area contributed by atoms with E-state index in [0.717, 1.165) is 25.7 Å². The van der Waals surface area contributed by atoms with Gasteiger partial charge in [0.15, 0.2) is 0 Å². The van der Waals surface area contributed by atoms with Crippen LogP contribution in [0.15, 0.2) is 18.3 Å². The minimum Gasteiger partial charge on any atom is -0.474 e. The molecule has 1 fully saturated rings. The molecule has 1 aromatic heterocycles. The van der Waals surface area contributed by atoms with Gasteiger partial charge in [0.25, 0.3) is 0 Å². The van der Waals surface area contributed by atoms with Gasteiger partial charge in [-0.15, -0.1) is 0 Å². The summed E-state index contributed by atoms with van der Waals surface area (Å²) in [5.74, 6) is 0.499. The summed E-state index contributed by atoms with van der Waals surface area (Å²) in [5.41, 5.74) is 6.18. The first-order valence-electron chi connectivity index (χ1n) is 6.15. The number of pyridine rings is 1. The summed E-state index contributed by atoms with van der Waals surface area (Å²) in [6, 6.07) is 3.53. The van der Waals surface area contributed by atoms with E-state index >= 15 is 0 Å². The standard InChI is InChI=1S/C13H18N2O3/c1-17-13(16)9-2-5-11(6-3-9)18-12-7-4-10(14)8-15-12/h4,7-9,11H,2-3,5-6,14H2,1H3. The maximum atomic E-state index is 11.4. The van der Waals surface area contributed by atoms with E-state index in [1.807, 2.05) is 0 Å². The normalized spacial score (nSPS) is 23.4. The Bertz CT molecular complexity index is 397. The number of methoxy groups -OCH3 is 1. The summed E-state index contributed by atoms with van der Waals surface area (Å²) in [6.45, 7) is 0. The van der Waals surface area contributed by atoms with Gasteiger partial charge in [-0.3, -0.25) is 4.79 Å². The van der Waals surface area contributed by atoms with Crippen LogP contribution >= 0.6 is 0 Å². The molecule has 5 nitrogen and oxygen atoms in total. The van der Waals surface area contributed by atoms with Crippen molar-refractivity contribution in [3.63, 3.8) is 0 Å². The number of aromatic nitrogens is 1. The number of nitrogen functional groups attached to an aromatic ring is 1. The first-order valence-corrected chi connectivity index (χ1v) is 6.15. The highest BCUT2D eigenvalue weighted by Crippen LogP contribution is 2.27. The summed E-state index contributed by atoms with van der Waals surface area (Å²) < 4.78 is 10.5. The summed E-state index contributed by atoms with van der Waals surface area (Å²) in [4.78, 5) is 15.5. The number of carbonyl (C=O) groups is 1.